The predicted octanol–water partition coefficient (Wildman–Crippen LogP) is 4.47. The molecule has 0 saturated carbocycles. The second kappa shape index (κ2) is 9.76. The summed E-state index contributed by atoms with van der Waals surface area (Å²) in [6, 6.07) is 18.6. The lowest BCUT2D eigenvalue weighted by atomic mass is 10.1. The van der Waals surface area contributed by atoms with Crippen molar-refractivity contribution in [3.8, 4) is 6.07 Å². The van der Waals surface area contributed by atoms with E-state index in [4.69, 9.17) is 4.42 Å². The first-order valence-electron chi connectivity index (χ1n) is 10.2. The van der Waals surface area contributed by atoms with E-state index in [0.717, 1.165) is 22.9 Å². The van der Waals surface area contributed by atoms with Crippen molar-refractivity contribution in [3.05, 3.63) is 100 Å². The van der Waals surface area contributed by atoms with Crippen LogP contribution in [0.25, 0.3) is 0 Å². The van der Waals surface area contributed by atoms with Crippen LogP contribution < -0.4 is 10.2 Å². The zero-order valence-corrected chi connectivity index (χ0v) is 18.6. The summed E-state index contributed by atoms with van der Waals surface area (Å²) in [5, 5.41) is 12.2. The number of nitriles is 1. The van der Waals surface area contributed by atoms with Crippen LogP contribution in [0.3, 0.4) is 0 Å². The smallest absolute Gasteiger partial charge is 0.265 e. The Kier molecular flexibility index (Phi) is 6.61. The Morgan fingerprint density at radius 2 is 1.91 bits per heavy atom. The van der Waals surface area contributed by atoms with E-state index in [1.165, 1.54) is 23.3 Å². The molecule has 0 bridgehead atoms. The van der Waals surface area contributed by atoms with Crippen LogP contribution in [-0.4, -0.2) is 17.1 Å². The van der Waals surface area contributed by atoms with Gasteiger partial charge < -0.3 is 9.73 Å². The Morgan fingerprint density at radius 1 is 1.18 bits per heavy atom. The zero-order valence-electron chi connectivity index (χ0n) is 17.7. The average Bonchev–Trinajstić information content (AvgIpc) is 3.44. The van der Waals surface area contributed by atoms with Crippen LogP contribution in [0.5, 0.6) is 0 Å². The van der Waals surface area contributed by atoms with Gasteiger partial charge in [0.25, 0.3) is 5.91 Å². The fourth-order valence-corrected chi connectivity index (χ4v) is 4.73. The molecule has 4 rings (SSSR count). The van der Waals surface area contributed by atoms with E-state index in [9.17, 15) is 19.2 Å². The SMILES string of the molecule is Cc1ccc(N2C(=O)C(Cc3ccc(F)cc3)S/C2=C(/C#N)C(=O)NCc2ccco2)cc1. The van der Waals surface area contributed by atoms with Crippen molar-refractivity contribution in [3.63, 3.8) is 0 Å². The molecule has 1 unspecified atom stereocenters. The Bertz CT molecular complexity index is 1230. The predicted molar refractivity (Wildman–Crippen MR) is 123 cm³/mol. The van der Waals surface area contributed by atoms with Gasteiger partial charge >= 0.3 is 0 Å². The van der Waals surface area contributed by atoms with Crippen molar-refractivity contribution in [2.24, 2.45) is 0 Å². The van der Waals surface area contributed by atoms with Crippen molar-refractivity contribution < 1.29 is 18.4 Å². The molecule has 2 heterocycles. The number of carbonyl (C=O) groups is 2. The van der Waals surface area contributed by atoms with Crippen molar-refractivity contribution in [2.45, 2.75) is 25.1 Å². The molecule has 0 aliphatic carbocycles. The van der Waals surface area contributed by atoms with Gasteiger partial charge in [-0.2, -0.15) is 5.26 Å². The quantitative estimate of drug-likeness (QED) is 0.432. The van der Waals surface area contributed by atoms with E-state index >= 15 is 0 Å². The van der Waals surface area contributed by atoms with Crippen LogP contribution in [-0.2, 0) is 22.6 Å². The summed E-state index contributed by atoms with van der Waals surface area (Å²) < 4.78 is 18.5. The highest BCUT2D eigenvalue weighted by atomic mass is 32.2. The minimum atomic E-state index is -0.594. The number of amides is 2. The second-order valence-corrected chi connectivity index (χ2v) is 8.69. The van der Waals surface area contributed by atoms with Gasteiger partial charge in [0.2, 0.25) is 5.91 Å². The minimum Gasteiger partial charge on any atom is -0.467 e. The average molecular weight is 462 g/mol. The maximum atomic E-state index is 13.4. The van der Waals surface area contributed by atoms with Crippen LogP contribution >= 0.6 is 11.8 Å². The van der Waals surface area contributed by atoms with E-state index in [-0.39, 0.29) is 28.9 Å². The third-order valence-electron chi connectivity index (χ3n) is 5.14. The molecule has 33 heavy (non-hydrogen) atoms. The molecule has 1 atom stereocenters. The van der Waals surface area contributed by atoms with Crippen LogP contribution in [0.15, 0.2) is 81.9 Å². The van der Waals surface area contributed by atoms with Gasteiger partial charge in [-0.25, -0.2) is 4.39 Å². The Labute approximate surface area is 194 Å². The number of aryl methyl sites for hydroxylation is 1. The van der Waals surface area contributed by atoms with Crippen LogP contribution in [0.1, 0.15) is 16.9 Å². The fourth-order valence-electron chi connectivity index (χ4n) is 3.42. The first-order valence-corrected chi connectivity index (χ1v) is 11.1. The maximum absolute atomic E-state index is 13.4. The van der Waals surface area contributed by atoms with Crippen LogP contribution in [0, 0.1) is 24.1 Å². The fraction of sp³-hybridized carbons (Fsp3) is 0.160. The van der Waals surface area contributed by atoms with Gasteiger partial charge in [0.05, 0.1) is 18.1 Å². The van der Waals surface area contributed by atoms with Crippen LogP contribution in [0.2, 0.25) is 0 Å². The molecular formula is C25H20FN3O3S. The summed E-state index contributed by atoms with van der Waals surface area (Å²) >= 11 is 1.16. The monoisotopic (exact) mass is 461 g/mol. The number of nitrogens with one attached hydrogen (secondary N) is 1. The molecule has 166 valence electrons. The molecular weight excluding hydrogens is 441 g/mol. The van der Waals surface area contributed by atoms with Crippen molar-refractivity contribution in [2.75, 3.05) is 4.90 Å². The molecule has 0 radical (unpaired) electrons. The Hall–Kier alpha value is -3.83. The highest BCUT2D eigenvalue weighted by Crippen LogP contribution is 2.42. The van der Waals surface area contributed by atoms with Crippen molar-refractivity contribution in [1.29, 1.82) is 5.26 Å². The molecule has 1 saturated heterocycles. The van der Waals surface area contributed by atoms with Crippen molar-refractivity contribution >= 4 is 29.3 Å². The van der Waals surface area contributed by atoms with Gasteiger partial charge in [-0.3, -0.25) is 14.5 Å². The van der Waals surface area contributed by atoms with Gasteiger partial charge in [-0.05, 0) is 55.3 Å². The standard InChI is InChI=1S/C25H20FN3O3S/c1-16-4-10-19(11-5-16)29-24(31)22(13-17-6-8-18(26)9-7-17)33-25(29)21(14-27)23(30)28-15-20-3-2-12-32-20/h2-12,22H,13,15H2,1H3,(H,28,30)/b25-21-. The Balaban J connectivity index is 1.67. The number of benzene rings is 2. The number of rotatable bonds is 6. The molecule has 8 heteroatoms. The highest BCUT2D eigenvalue weighted by molar-refractivity contribution is 8.05. The van der Waals surface area contributed by atoms with Gasteiger partial charge in [0.1, 0.15) is 28.2 Å². The summed E-state index contributed by atoms with van der Waals surface area (Å²) in [5.74, 6) is -0.644. The van der Waals surface area contributed by atoms with E-state index in [2.05, 4.69) is 5.32 Å². The molecule has 1 aliphatic rings. The lowest BCUT2D eigenvalue weighted by Crippen LogP contribution is -2.32. The maximum Gasteiger partial charge on any atom is 0.265 e. The number of anilines is 1. The topological polar surface area (TPSA) is 86.3 Å². The zero-order chi connectivity index (χ0) is 23.4. The first-order chi connectivity index (χ1) is 16.0. The van der Waals surface area contributed by atoms with Crippen LogP contribution in [0.4, 0.5) is 10.1 Å². The van der Waals surface area contributed by atoms with E-state index in [0.29, 0.717) is 17.9 Å². The largest absolute Gasteiger partial charge is 0.467 e. The summed E-state index contributed by atoms with van der Waals surface area (Å²) in [6.45, 7) is 2.05. The van der Waals surface area contributed by atoms with Gasteiger partial charge in [0, 0.05) is 5.69 Å². The molecule has 3 aromatic rings. The molecule has 1 N–H and O–H groups in total. The van der Waals surface area contributed by atoms with E-state index in [1.54, 1.807) is 36.4 Å². The second-order valence-electron chi connectivity index (χ2n) is 7.50. The minimum absolute atomic E-state index is 0.118. The van der Waals surface area contributed by atoms with Gasteiger partial charge in [0.15, 0.2) is 0 Å². The Morgan fingerprint density at radius 3 is 2.55 bits per heavy atom. The third-order valence-corrected chi connectivity index (χ3v) is 6.40. The normalized spacial score (nSPS) is 17.1. The summed E-state index contributed by atoms with van der Waals surface area (Å²) in [4.78, 5) is 27.7. The molecule has 0 spiro atoms. The summed E-state index contributed by atoms with van der Waals surface area (Å²) in [5.41, 5.74) is 2.22. The van der Waals surface area contributed by atoms with E-state index < -0.39 is 11.2 Å². The van der Waals surface area contributed by atoms with Gasteiger partial charge in [-0.15, -0.1) is 0 Å². The molecule has 1 aliphatic heterocycles. The van der Waals surface area contributed by atoms with Crippen molar-refractivity contribution in [1.82, 2.24) is 5.32 Å². The van der Waals surface area contributed by atoms with Gasteiger partial charge in [-0.1, -0.05) is 41.6 Å². The highest BCUT2D eigenvalue weighted by Gasteiger charge is 2.40. The number of halogens is 1. The molecule has 6 nitrogen and oxygen atoms in total. The molecule has 2 aromatic carbocycles. The third kappa shape index (κ3) is 4.99. The summed E-state index contributed by atoms with van der Waals surface area (Å²) in [6.07, 6.45) is 1.83. The lowest BCUT2D eigenvalue weighted by molar-refractivity contribution is -0.117. The number of hydrogen-bond acceptors (Lipinski definition) is 5. The number of thioether (sulfide) groups is 1. The summed E-state index contributed by atoms with van der Waals surface area (Å²) in [7, 11) is 0. The molecule has 2 amide bonds. The van der Waals surface area contributed by atoms with E-state index in [1.807, 2.05) is 25.1 Å². The lowest BCUT2D eigenvalue weighted by Gasteiger charge is -2.19. The number of carbonyl (C=O) groups excluding carboxylic acids is 2. The molecule has 1 fully saturated rings. The number of furan rings is 1. The first kappa shape index (κ1) is 22.4. The molecule has 1 aromatic heterocycles. The number of hydrogen-bond donors (Lipinski definition) is 1. The number of nitrogens with zero attached hydrogens (tertiary/aromatic N) is 2.